The number of alkyl halides is 12. The molecular weight excluding hydrogens is 576 g/mol. The molecule has 0 aliphatic heterocycles. The van der Waals surface area contributed by atoms with Gasteiger partial charge in [-0.05, 0) is 92.3 Å². The fourth-order valence-corrected chi connectivity index (χ4v) is 8.16. The monoisotopic (exact) mass is 608 g/mol. The van der Waals surface area contributed by atoms with Crippen molar-refractivity contribution in [3.05, 3.63) is 0 Å². The lowest BCUT2D eigenvalue weighted by molar-refractivity contribution is -0.400. The zero-order chi connectivity index (χ0) is 30.3. The Labute approximate surface area is 222 Å². The summed E-state index contributed by atoms with van der Waals surface area (Å²) in [4.78, 5) is 0. The summed E-state index contributed by atoms with van der Waals surface area (Å²) in [6, 6.07) is 0. The molecule has 234 valence electrons. The zero-order valence-corrected chi connectivity index (χ0v) is 21.7. The maximum atomic E-state index is 14.1. The van der Waals surface area contributed by atoms with Crippen molar-refractivity contribution >= 4 is 0 Å². The van der Waals surface area contributed by atoms with Crippen LogP contribution in [0.15, 0.2) is 0 Å². The van der Waals surface area contributed by atoms with Gasteiger partial charge >= 0.3 is 24.7 Å². The van der Waals surface area contributed by atoms with E-state index in [0.29, 0.717) is 6.42 Å². The molecule has 9 unspecified atom stereocenters. The number of aliphatic hydroxyl groups is 1. The van der Waals surface area contributed by atoms with Crippen molar-refractivity contribution in [3.8, 4) is 0 Å². The third kappa shape index (κ3) is 5.22. The van der Waals surface area contributed by atoms with Crippen molar-refractivity contribution in [2.45, 2.75) is 101 Å². The average Bonchev–Trinajstić information content (AvgIpc) is 3.52. The second-order valence-electron chi connectivity index (χ2n) is 12.4. The van der Waals surface area contributed by atoms with Gasteiger partial charge in [0.25, 0.3) is 11.2 Å². The average molecular weight is 609 g/mol. The highest BCUT2D eigenvalue weighted by molar-refractivity contribution is 5.05. The summed E-state index contributed by atoms with van der Waals surface area (Å²) in [5.74, 6) is -3.92. The van der Waals surface area contributed by atoms with E-state index in [0.717, 1.165) is 0 Å². The highest BCUT2D eigenvalue weighted by Gasteiger charge is 2.74. The normalized spacial score (nSPS) is 37.1. The van der Waals surface area contributed by atoms with Crippen LogP contribution in [0, 0.1) is 47.3 Å². The van der Waals surface area contributed by atoms with Gasteiger partial charge in [-0.1, -0.05) is 13.8 Å². The molecule has 40 heavy (non-hydrogen) atoms. The van der Waals surface area contributed by atoms with Crippen LogP contribution in [-0.2, 0) is 9.47 Å². The van der Waals surface area contributed by atoms with Crippen LogP contribution in [0.1, 0.15) is 58.8 Å². The molecule has 0 heterocycles. The van der Waals surface area contributed by atoms with Crippen LogP contribution in [0.2, 0.25) is 0 Å². The summed E-state index contributed by atoms with van der Waals surface area (Å²) in [7, 11) is 0. The molecule has 0 aromatic carbocycles. The van der Waals surface area contributed by atoms with E-state index in [-0.39, 0.29) is 49.4 Å². The Morgan fingerprint density at radius 1 is 0.625 bits per heavy atom. The first kappa shape index (κ1) is 32.0. The molecule has 0 saturated heterocycles. The van der Waals surface area contributed by atoms with Gasteiger partial charge in [0.1, 0.15) is 6.79 Å². The van der Waals surface area contributed by atoms with Gasteiger partial charge in [0, 0.05) is 0 Å². The second-order valence-corrected chi connectivity index (χ2v) is 12.4. The standard InChI is InChI=1S/C25H32F12O3/c1-11-12(2)17-7-14(11)6-16(17)9-21(24(32,33)34,25(35,36)37)40-10-39-19-5-13-3-15(18(19)4-13)8-20(38,22(26,27)28)23(29,30)31/h11-19,38H,3-10H2,1-2H3. The Kier molecular flexibility index (Phi) is 8.04. The quantitative estimate of drug-likeness (QED) is 0.226. The molecule has 0 amide bonds. The van der Waals surface area contributed by atoms with E-state index in [2.05, 4.69) is 4.74 Å². The molecule has 1 N–H and O–H groups in total. The summed E-state index contributed by atoms with van der Waals surface area (Å²) >= 11 is 0. The van der Waals surface area contributed by atoms with Gasteiger partial charge in [-0.2, -0.15) is 52.7 Å². The van der Waals surface area contributed by atoms with Gasteiger partial charge < -0.3 is 14.6 Å². The topological polar surface area (TPSA) is 38.7 Å². The molecule has 3 nitrogen and oxygen atoms in total. The Morgan fingerprint density at radius 2 is 1.18 bits per heavy atom. The minimum absolute atomic E-state index is 0.0124. The highest BCUT2D eigenvalue weighted by Crippen LogP contribution is 2.60. The Balaban J connectivity index is 1.46. The van der Waals surface area contributed by atoms with E-state index >= 15 is 0 Å². The zero-order valence-electron chi connectivity index (χ0n) is 21.7. The minimum atomic E-state index is -6.04. The molecule has 9 atom stereocenters. The van der Waals surface area contributed by atoms with Crippen molar-refractivity contribution in [1.82, 2.24) is 0 Å². The maximum Gasteiger partial charge on any atom is 0.426 e. The molecule has 0 aromatic rings. The van der Waals surface area contributed by atoms with Crippen LogP contribution in [0.5, 0.6) is 0 Å². The van der Waals surface area contributed by atoms with E-state index in [9.17, 15) is 57.8 Å². The Hall–Kier alpha value is -0.960. The predicted octanol–water partition coefficient (Wildman–Crippen LogP) is 7.82. The number of rotatable bonds is 8. The van der Waals surface area contributed by atoms with Gasteiger partial charge in [0.2, 0.25) is 0 Å². The van der Waals surface area contributed by atoms with Gasteiger partial charge in [-0.25, -0.2) is 0 Å². The first-order valence-corrected chi connectivity index (χ1v) is 13.3. The van der Waals surface area contributed by atoms with Crippen LogP contribution in [0.4, 0.5) is 52.7 Å². The molecule has 4 aliphatic rings. The molecule has 4 aliphatic carbocycles. The van der Waals surface area contributed by atoms with E-state index in [1.165, 1.54) is 0 Å². The second kappa shape index (κ2) is 10.1. The van der Waals surface area contributed by atoms with Crippen molar-refractivity contribution in [3.63, 3.8) is 0 Å². The summed E-state index contributed by atoms with van der Waals surface area (Å²) < 4.78 is 174. The number of halogens is 12. The SMILES string of the molecule is CC1C2CC(CC(OCOC3CC4CC(CC(O)(C(F)(F)F)C(F)(F)F)C3C4)(C(F)(F)F)C(F)(F)F)C(C2)C1C. The lowest BCUT2D eigenvalue weighted by atomic mass is 9.71. The number of ether oxygens (including phenoxy) is 2. The Morgan fingerprint density at radius 3 is 1.62 bits per heavy atom. The molecule has 0 radical (unpaired) electrons. The largest absolute Gasteiger partial charge is 0.426 e. The van der Waals surface area contributed by atoms with Crippen LogP contribution in [0.3, 0.4) is 0 Å². The molecule has 4 fully saturated rings. The van der Waals surface area contributed by atoms with Crippen molar-refractivity contribution in [1.29, 1.82) is 0 Å². The van der Waals surface area contributed by atoms with E-state index < -0.39 is 85.3 Å². The first-order chi connectivity index (χ1) is 18.0. The summed E-state index contributed by atoms with van der Waals surface area (Å²) in [6.45, 7) is 2.23. The summed E-state index contributed by atoms with van der Waals surface area (Å²) in [6.07, 6.45) is -27.4. The molecule has 4 rings (SSSR count). The maximum absolute atomic E-state index is 14.1. The van der Waals surface area contributed by atoms with Crippen LogP contribution < -0.4 is 0 Å². The van der Waals surface area contributed by atoms with Gasteiger partial charge in [0.15, 0.2) is 0 Å². The molecule has 4 saturated carbocycles. The summed E-state index contributed by atoms with van der Waals surface area (Å²) in [5.41, 5.74) is -9.55. The number of hydrogen-bond acceptors (Lipinski definition) is 3. The summed E-state index contributed by atoms with van der Waals surface area (Å²) in [5, 5.41) is 9.57. The van der Waals surface area contributed by atoms with Crippen molar-refractivity contribution in [2.75, 3.05) is 6.79 Å². The van der Waals surface area contributed by atoms with Crippen LogP contribution in [-0.4, -0.2) is 53.9 Å². The lowest BCUT2D eigenvalue weighted by Gasteiger charge is -2.42. The first-order valence-electron chi connectivity index (χ1n) is 13.3. The van der Waals surface area contributed by atoms with Crippen LogP contribution >= 0.6 is 0 Å². The molecule has 4 bridgehead atoms. The minimum Gasteiger partial charge on any atom is -0.374 e. The highest BCUT2D eigenvalue weighted by atomic mass is 19.4. The molecular formula is C25H32F12O3. The van der Waals surface area contributed by atoms with E-state index in [1.807, 2.05) is 6.92 Å². The third-order valence-corrected chi connectivity index (χ3v) is 10.5. The smallest absolute Gasteiger partial charge is 0.374 e. The van der Waals surface area contributed by atoms with Gasteiger partial charge in [-0.15, -0.1) is 0 Å². The lowest BCUT2D eigenvalue weighted by Crippen LogP contribution is -2.60. The van der Waals surface area contributed by atoms with E-state index in [4.69, 9.17) is 4.74 Å². The third-order valence-electron chi connectivity index (χ3n) is 10.5. The predicted molar refractivity (Wildman–Crippen MR) is 114 cm³/mol. The van der Waals surface area contributed by atoms with Gasteiger partial charge in [0.05, 0.1) is 6.10 Å². The fraction of sp³-hybridized carbons (Fsp3) is 1.00. The van der Waals surface area contributed by atoms with Crippen molar-refractivity contribution < 1.29 is 67.3 Å². The van der Waals surface area contributed by atoms with Crippen LogP contribution in [0.25, 0.3) is 0 Å². The Bertz CT molecular complexity index is 881. The molecule has 15 heteroatoms. The molecule has 0 aromatic heterocycles. The van der Waals surface area contributed by atoms with Crippen molar-refractivity contribution in [2.24, 2.45) is 47.3 Å². The molecule has 0 spiro atoms. The number of fused-ring (bicyclic) bond motifs is 4. The van der Waals surface area contributed by atoms with Gasteiger partial charge in [-0.3, -0.25) is 0 Å². The fourth-order valence-electron chi connectivity index (χ4n) is 8.16. The van der Waals surface area contributed by atoms with E-state index in [1.54, 1.807) is 6.92 Å². The number of hydrogen-bond donors (Lipinski definition) is 1.